The van der Waals surface area contributed by atoms with Gasteiger partial charge in [0.25, 0.3) is 5.60 Å². The third kappa shape index (κ3) is 4.21. The number of halogens is 6. The van der Waals surface area contributed by atoms with Crippen LogP contribution in [0.25, 0.3) is 0 Å². The molecule has 0 saturated heterocycles. The molecule has 3 atom stereocenters. The van der Waals surface area contributed by atoms with Crippen molar-refractivity contribution in [3.05, 3.63) is 0 Å². The van der Waals surface area contributed by atoms with Gasteiger partial charge < -0.3 is 14.9 Å². The summed E-state index contributed by atoms with van der Waals surface area (Å²) in [7, 11) is 0. The first-order valence-electron chi connectivity index (χ1n) is 7.83. The summed E-state index contributed by atoms with van der Waals surface area (Å²) in [6.45, 7) is 4.75. The van der Waals surface area contributed by atoms with E-state index in [1.807, 2.05) is 0 Å². The van der Waals surface area contributed by atoms with Gasteiger partial charge in [-0.15, -0.1) is 0 Å². The van der Waals surface area contributed by atoms with Crippen LogP contribution in [0, 0.1) is 11.3 Å². The minimum atomic E-state index is -6.04. The molecular formula is C15H22F6O4. The highest BCUT2D eigenvalue weighted by Gasteiger charge is 2.75. The largest absolute Gasteiger partial charge is 0.462 e. The van der Waals surface area contributed by atoms with Gasteiger partial charge in [-0.25, -0.2) is 0 Å². The average Bonchev–Trinajstić information content (AvgIpc) is 2.45. The van der Waals surface area contributed by atoms with Crippen LogP contribution >= 0.6 is 0 Å². The molecule has 0 aromatic carbocycles. The van der Waals surface area contributed by atoms with Gasteiger partial charge in [0.1, 0.15) is 6.10 Å². The Balaban J connectivity index is 3.08. The molecule has 148 valence electrons. The number of hydrogen-bond donors (Lipinski definition) is 2. The smallest absolute Gasteiger partial charge is 0.426 e. The molecule has 1 fully saturated rings. The molecule has 1 rings (SSSR count). The predicted octanol–water partition coefficient (Wildman–Crippen LogP) is 3.35. The minimum absolute atomic E-state index is 0.0883. The third-order valence-electron chi connectivity index (χ3n) is 4.88. The third-order valence-corrected chi connectivity index (χ3v) is 4.88. The van der Waals surface area contributed by atoms with Crippen molar-refractivity contribution in [2.45, 2.75) is 76.6 Å². The van der Waals surface area contributed by atoms with Crippen LogP contribution < -0.4 is 0 Å². The molecule has 1 aliphatic carbocycles. The van der Waals surface area contributed by atoms with Gasteiger partial charge in [-0.2, -0.15) is 26.3 Å². The van der Waals surface area contributed by atoms with E-state index >= 15 is 0 Å². The van der Waals surface area contributed by atoms with Crippen molar-refractivity contribution >= 4 is 5.97 Å². The van der Waals surface area contributed by atoms with Crippen LogP contribution in [0.4, 0.5) is 26.3 Å². The summed E-state index contributed by atoms with van der Waals surface area (Å²) in [5.41, 5.74) is -6.03. The van der Waals surface area contributed by atoms with E-state index in [-0.39, 0.29) is 6.42 Å². The number of ether oxygens (including phenoxy) is 1. The van der Waals surface area contributed by atoms with Gasteiger partial charge in [0, 0.05) is 5.92 Å². The first kappa shape index (κ1) is 22.0. The fraction of sp³-hybridized carbons (Fsp3) is 0.933. The van der Waals surface area contributed by atoms with Gasteiger partial charge in [0.15, 0.2) is 0 Å². The molecule has 0 radical (unpaired) electrons. The van der Waals surface area contributed by atoms with E-state index in [0.717, 1.165) is 0 Å². The zero-order chi connectivity index (χ0) is 19.8. The monoisotopic (exact) mass is 380 g/mol. The highest BCUT2D eigenvalue weighted by atomic mass is 19.4. The topological polar surface area (TPSA) is 66.8 Å². The summed E-state index contributed by atoms with van der Waals surface area (Å²) >= 11 is 0. The zero-order valence-corrected chi connectivity index (χ0v) is 14.0. The van der Waals surface area contributed by atoms with Gasteiger partial charge in [0.05, 0.1) is 11.5 Å². The number of alkyl halides is 6. The summed E-state index contributed by atoms with van der Waals surface area (Å²) < 4.78 is 83.1. The van der Waals surface area contributed by atoms with Crippen LogP contribution in [0.5, 0.6) is 0 Å². The van der Waals surface area contributed by atoms with Crippen LogP contribution in [0.15, 0.2) is 0 Å². The summed E-state index contributed by atoms with van der Waals surface area (Å²) in [5, 5.41) is 19.2. The Morgan fingerprint density at radius 3 is 1.96 bits per heavy atom. The second kappa shape index (κ2) is 6.94. The summed E-state index contributed by atoms with van der Waals surface area (Å²) in [4.78, 5) is 12.0. The SMILES string of the molecule is CCC(C)(C)C(=O)OC1CCC(O)C(C(O)(C(F)(F)F)C(F)(F)F)C1. The van der Waals surface area contributed by atoms with E-state index in [1.54, 1.807) is 6.92 Å². The molecule has 0 bridgehead atoms. The van der Waals surface area contributed by atoms with Crippen LogP contribution in [0.3, 0.4) is 0 Å². The molecule has 4 nitrogen and oxygen atoms in total. The van der Waals surface area contributed by atoms with Crippen molar-refractivity contribution in [2.75, 3.05) is 0 Å². The number of aliphatic hydroxyl groups is 2. The molecule has 1 saturated carbocycles. The highest BCUT2D eigenvalue weighted by Crippen LogP contribution is 2.52. The Labute approximate surface area is 141 Å². The van der Waals surface area contributed by atoms with Crippen LogP contribution in [-0.2, 0) is 9.53 Å². The van der Waals surface area contributed by atoms with E-state index in [2.05, 4.69) is 0 Å². The fourth-order valence-corrected chi connectivity index (χ4v) is 2.71. The second-order valence-electron chi connectivity index (χ2n) is 7.01. The van der Waals surface area contributed by atoms with Crippen molar-refractivity contribution in [3.63, 3.8) is 0 Å². The quantitative estimate of drug-likeness (QED) is 0.580. The molecular weight excluding hydrogens is 358 g/mol. The molecule has 3 unspecified atom stereocenters. The lowest BCUT2D eigenvalue weighted by atomic mass is 9.73. The number of carbonyl (C=O) groups excluding carboxylic acids is 1. The maximum absolute atomic E-state index is 13.0. The van der Waals surface area contributed by atoms with Crippen molar-refractivity contribution in [1.29, 1.82) is 0 Å². The standard InChI is InChI=1S/C15H22F6O4/c1-4-12(2,3)11(23)25-8-5-6-10(22)9(7-8)13(24,14(16,17)18)15(19,20)21/h8-10,22,24H,4-7H2,1-3H3. The first-order valence-corrected chi connectivity index (χ1v) is 7.83. The molecule has 2 N–H and O–H groups in total. The highest BCUT2D eigenvalue weighted by molar-refractivity contribution is 5.76. The predicted molar refractivity (Wildman–Crippen MR) is 74.4 cm³/mol. The van der Waals surface area contributed by atoms with Crippen molar-refractivity contribution in [3.8, 4) is 0 Å². The zero-order valence-electron chi connectivity index (χ0n) is 14.0. The second-order valence-corrected chi connectivity index (χ2v) is 7.01. The lowest BCUT2D eigenvalue weighted by Crippen LogP contribution is -2.65. The molecule has 0 aromatic rings. The van der Waals surface area contributed by atoms with E-state index < -0.39 is 60.3 Å². The lowest BCUT2D eigenvalue weighted by molar-refractivity contribution is -0.394. The van der Waals surface area contributed by atoms with E-state index in [9.17, 15) is 41.4 Å². The summed E-state index contributed by atoms with van der Waals surface area (Å²) in [6, 6.07) is 0. The average molecular weight is 380 g/mol. The fourth-order valence-electron chi connectivity index (χ4n) is 2.71. The number of esters is 1. The van der Waals surface area contributed by atoms with E-state index in [4.69, 9.17) is 4.74 Å². The number of rotatable bonds is 4. The van der Waals surface area contributed by atoms with Crippen molar-refractivity contribution in [2.24, 2.45) is 11.3 Å². The van der Waals surface area contributed by atoms with Gasteiger partial charge >= 0.3 is 18.3 Å². The van der Waals surface area contributed by atoms with Crippen molar-refractivity contribution < 1.29 is 46.1 Å². The molecule has 0 heterocycles. The Morgan fingerprint density at radius 2 is 1.56 bits per heavy atom. The minimum Gasteiger partial charge on any atom is -0.462 e. The lowest BCUT2D eigenvalue weighted by Gasteiger charge is -2.44. The van der Waals surface area contributed by atoms with Crippen molar-refractivity contribution in [1.82, 2.24) is 0 Å². The van der Waals surface area contributed by atoms with Gasteiger partial charge in [-0.1, -0.05) is 6.92 Å². The molecule has 25 heavy (non-hydrogen) atoms. The van der Waals surface area contributed by atoms with Crippen LogP contribution in [0.2, 0.25) is 0 Å². The van der Waals surface area contributed by atoms with Gasteiger partial charge in [-0.3, -0.25) is 4.79 Å². The summed E-state index contributed by atoms with van der Waals surface area (Å²) in [5.74, 6) is -3.33. The molecule has 10 heteroatoms. The molecule has 0 amide bonds. The van der Waals surface area contributed by atoms with Crippen LogP contribution in [-0.4, -0.2) is 46.3 Å². The molecule has 0 spiro atoms. The number of hydrogen-bond acceptors (Lipinski definition) is 4. The molecule has 0 aliphatic heterocycles. The maximum Gasteiger partial charge on any atom is 0.426 e. The van der Waals surface area contributed by atoms with E-state index in [0.29, 0.717) is 6.42 Å². The normalized spacial score (nSPS) is 26.4. The summed E-state index contributed by atoms with van der Waals surface area (Å²) in [6.07, 6.45) is -16.5. The van der Waals surface area contributed by atoms with Gasteiger partial charge in [0.2, 0.25) is 0 Å². The Hall–Kier alpha value is -1.03. The van der Waals surface area contributed by atoms with E-state index in [1.165, 1.54) is 13.8 Å². The first-order chi connectivity index (χ1) is 11.1. The number of aliphatic hydroxyl groups excluding tert-OH is 1. The Morgan fingerprint density at radius 1 is 1.08 bits per heavy atom. The number of carbonyl (C=O) groups is 1. The molecule has 1 aliphatic rings. The maximum atomic E-state index is 13.0. The molecule has 0 aromatic heterocycles. The van der Waals surface area contributed by atoms with Crippen LogP contribution in [0.1, 0.15) is 46.5 Å². The van der Waals surface area contributed by atoms with Gasteiger partial charge in [-0.05, 0) is 39.5 Å². The Kier molecular flexibility index (Phi) is 6.11. The Bertz CT molecular complexity index is 471.